The number of hydrogen-bond donors (Lipinski definition) is 4. The van der Waals surface area contributed by atoms with Gasteiger partial charge in [0.1, 0.15) is 11.8 Å². The molecule has 10 heteroatoms. The van der Waals surface area contributed by atoms with E-state index < -0.39 is 6.09 Å². The van der Waals surface area contributed by atoms with E-state index in [2.05, 4.69) is 20.7 Å². The SMILES string of the molecule is Nc1cccc(Nc2ncnn3ccc(C(=O)N4CCC(NC(=O)O)CC4)c23)c1. The number of piperidine rings is 1. The van der Waals surface area contributed by atoms with Gasteiger partial charge >= 0.3 is 6.09 Å². The van der Waals surface area contributed by atoms with Crippen molar-refractivity contribution in [3.63, 3.8) is 0 Å². The Hall–Kier alpha value is -3.82. The van der Waals surface area contributed by atoms with Gasteiger partial charge < -0.3 is 26.4 Å². The molecule has 3 heterocycles. The van der Waals surface area contributed by atoms with Crippen LogP contribution in [0.5, 0.6) is 0 Å². The van der Waals surface area contributed by atoms with Crippen LogP contribution in [0.2, 0.25) is 0 Å². The first kappa shape index (κ1) is 18.5. The number of carboxylic acid groups (broad SMARTS) is 1. The van der Waals surface area contributed by atoms with Gasteiger partial charge in [-0.15, -0.1) is 0 Å². The van der Waals surface area contributed by atoms with Crippen molar-refractivity contribution in [1.82, 2.24) is 24.8 Å². The minimum Gasteiger partial charge on any atom is -0.465 e. The second-order valence-corrected chi connectivity index (χ2v) is 6.90. The predicted octanol–water partition coefficient (Wildman–Crippen LogP) is 1.93. The molecule has 0 atom stereocenters. The monoisotopic (exact) mass is 395 g/mol. The summed E-state index contributed by atoms with van der Waals surface area (Å²) in [5.74, 6) is 0.369. The number of benzene rings is 1. The van der Waals surface area contributed by atoms with Crippen molar-refractivity contribution in [2.45, 2.75) is 18.9 Å². The molecule has 4 rings (SSSR count). The van der Waals surface area contributed by atoms with Crippen LogP contribution in [-0.2, 0) is 0 Å². The third kappa shape index (κ3) is 3.91. The van der Waals surface area contributed by atoms with Gasteiger partial charge in [-0.3, -0.25) is 4.79 Å². The molecule has 5 N–H and O–H groups in total. The second-order valence-electron chi connectivity index (χ2n) is 6.90. The van der Waals surface area contributed by atoms with E-state index in [1.54, 1.807) is 33.8 Å². The van der Waals surface area contributed by atoms with Crippen LogP contribution in [0.15, 0.2) is 42.9 Å². The largest absolute Gasteiger partial charge is 0.465 e. The smallest absolute Gasteiger partial charge is 0.404 e. The molecule has 0 aliphatic carbocycles. The second kappa shape index (κ2) is 7.66. The Balaban J connectivity index is 1.58. The molecular weight excluding hydrogens is 374 g/mol. The summed E-state index contributed by atoms with van der Waals surface area (Å²) in [6.07, 6.45) is 3.25. The lowest BCUT2D eigenvalue weighted by molar-refractivity contribution is 0.0708. The zero-order valence-corrected chi connectivity index (χ0v) is 15.6. The van der Waals surface area contributed by atoms with Crippen LogP contribution < -0.4 is 16.4 Å². The number of carbonyl (C=O) groups is 2. The zero-order valence-electron chi connectivity index (χ0n) is 15.6. The molecule has 1 aromatic carbocycles. The first-order valence-electron chi connectivity index (χ1n) is 9.25. The number of rotatable bonds is 4. The van der Waals surface area contributed by atoms with E-state index in [9.17, 15) is 9.59 Å². The standard InChI is InChI=1S/C19H21N7O3/c20-12-2-1-3-14(10-12)23-17-16-15(6-9-26(16)22-11-21-17)18(27)25-7-4-13(5-8-25)24-19(28)29/h1-3,6,9-11,13,24H,4-5,7-8,20H2,(H,28,29)(H,21,22,23). The summed E-state index contributed by atoms with van der Waals surface area (Å²) in [6.45, 7) is 0.958. The van der Waals surface area contributed by atoms with Gasteiger partial charge in [0.15, 0.2) is 5.82 Å². The average molecular weight is 395 g/mol. The van der Waals surface area contributed by atoms with E-state index in [4.69, 9.17) is 10.8 Å². The molecule has 1 aliphatic heterocycles. The molecular formula is C19H21N7O3. The number of hydrogen-bond acceptors (Lipinski definition) is 6. The molecule has 0 saturated carbocycles. The summed E-state index contributed by atoms with van der Waals surface area (Å²) in [4.78, 5) is 30.0. The van der Waals surface area contributed by atoms with Gasteiger partial charge in [-0.05, 0) is 37.1 Å². The Morgan fingerprint density at radius 2 is 2.00 bits per heavy atom. The maximum Gasteiger partial charge on any atom is 0.404 e. The average Bonchev–Trinajstić information content (AvgIpc) is 3.13. The maximum absolute atomic E-state index is 13.1. The van der Waals surface area contributed by atoms with Crippen molar-refractivity contribution in [2.75, 3.05) is 24.1 Å². The number of carbonyl (C=O) groups excluding carboxylic acids is 1. The van der Waals surface area contributed by atoms with Crippen LogP contribution in [-0.4, -0.2) is 55.7 Å². The summed E-state index contributed by atoms with van der Waals surface area (Å²) in [7, 11) is 0. The lowest BCUT2D eigenvalue weighted by Crippen LogP contribution is -2.46. The Bertz CT molecular complexity index is 1060. The molecule has 3 aromatic rings. The van der Waals surface area contributed by atoms with Crippen molar-refractivity contribution in [2.24, 2.45) is 0 Å². The van der Waals surface area contributed by atoms with Crippen LogP contribution in [0.3, 0.4) is 0 Å². The number of amides is 2. The fourth-order valence-electron chi connectivity index (χ4n) is 3.54. The van der Waals surface area contributed by atoms with E-state index >= 15 is 0 Å². The van der Waals surface area contributed by atoms with E-state index in [0.29, 0.717) is 48.5 Å². The Morgan fingerprint density at radius 1 is 1.21 bits per heavy atom. The molecule has 2 amide bonds. The van der Waals surface area contributed by atoms with E-state index in [1.807, 2.05) is 12.1 Å². The zero-order chi connectivity index (χ0) is 20.4. The molecule has 29 heavy (non-hydrogen) atoms. The van der Waals surface area contributed by atoms with Crippen LogP contribution in [0, 0.1) is 0 Å². The molecule has 0 spiro atoms. The summed E-state index contributed by atoms with van der Waals surface area (Å²) in [5.41, 5.74) is 8.27. The Labute approximate surface area is 166 Å². The molecule has 0 radical (unpaired) electrons. The third-order valence-corrected chi connectivity index (χ3v) is 4.94. The van der Waals surface area contributed by atoms with Crippen molar-refractivity contribution in [1.29, 1.82) is 0 Å². The summed E-state index contributed by atoms with van der Waals surface area (Å²) in [6, 6.07) is 8.85. The number of anilines is 3. The number of fused-ring (bicyclic) bond motifs is 1. The van der Waals surface area contributed by atoms with Gasteiger partial charge in [-0.1, -0.05) is 6.07 Å². The molecule has 0 bridgehead atoms. The van der Waals surface area contributed by atoms with Gasteiger partial charge in [0, 0.05) is 36.7 Å². The van der Waals surface area contributed by atoms with Gasteiger partial charge in [0.2, 0.25) is 0 Å². The van der Waals surface area contributed by atoms with Crippen LogP contribution in [0.1, 0.15) is 23.2 Å². The van der Waals surface area contributed by atoms with Gasteiger partial charge in [-0.2, -0.15) is 5.10 Å². The number of likely N-dealkylation sites (tertiary alicyclic amines) is 1. The Morgan fingerprint density at radius 3 is 2.72 bits per heavy atom. The molecule has 0 unspecified atom stereocenters. The summed E-state index contributed by atoms with van der Waals surface area (Å²) >= 11 is 0. The number of nitrogens with zero attached hydrogens (tertiary/aromatic N) is 4. The topological polar surface area (TPSA) is 138 Å². The maximum atomic E-state index is 13.1. The van der Waals surface area contributed by atoms with Crippen molar-refractivity contribution < 1.29 is 14.7 Å². The molecule has 10 nitrogen and oxygen atoms in total. The first-order chi connectivity index (χ1) is 14.0. The molecule has 1 aliphatic rings. The minimum atomic E-state index is -1.04. The summed E-state index contributed by atoms with van der Waals surface area (Å²) in [5, 5.41) is 18.7. The highest BCUT2D eigenvalue weighted by Gasteiger charge is 2.27. The van der Waals surface area contributed by atoms with Gasteiger partial charge in [0.05, 0.1) is 5.56 Å². The van der Waals surface area contributed by atoms with Gasteiger partial charge in [0.25, 0.3) is 5.91 Å². The molecule has 1 saturated heterocycles. The minimum absolute atomic E-state index is 0.133. The molecule has 150 valence electrons. The Kier molecular flexibility index (Phi) is 4.90. The fraction of sp³-hybridized carbons (Fsp3) is 0.263. The lowest BCUT2D eigenvalue weighted by Gasteiger charge is -2.31. The van der Waals surface area contributed by atoms with E-state index in [-0.39, 0.29) is 11.9 Å². The van der Waals surface area contributed by atoms with Crippen LogP contribution in [0.4, 0.5) is 22.0 Å². The number of nitrogens with one attached hydrogen (secondary N) is 2. The molecule has 2 aromatic heterocycles. The van der Waals surface area contributed by atoms with Crippen molar-refractivity contribution in [3.8, 4) is 0 Å². The van der Waals surface area contributed by atoms with Crippen molar-refractivity contribution >= 4 is 34.7 Å². The highest BCUT2D eigenvalue weighted by Crippen LogP contribution is 2.25. The molecule has 1 fully saturated rings. The fourth-order valence-corrected chi connectivity index (χ4v) is 3.54. The normalized spacial score (nSPS) is 14.7. The quantitative estimate of drug-likeness (QED) is 0.495. The van der Waals surface area contributed by atoms with Crippen LogP contribution >= 0.6 is 0 Å². The van der Waals surface area contributed by atoms with E-state index in [1.165, 1.54) is 6.33 Å². The number of nitrogen functional groups attached to an aromatic ring is 1. The first-order valence-corrected chi connectivity index (χ1v) is 9.25. The lowest BCUT2D eigenvalue weighted by atomic mass is 10.0. The highest BCUT2D eigenvalue weighted by molar-refractivity contribution is 6.04. The predicted molar refractivity (Wildman–Crippen MR) is 107 cm³/mol. The van der Waals surface area contributed by atoms with Crippen molar-refractivity contribution in [3.05, 3.63) is 48.4 Å². The third-order valence-electron chi connectivity index (χ3n) is 4.94. The van der Waals surface area contributed by atoms with Crippen LogP contribution in [0.25, 0.3) is 5.52 Å². The number of aromatic nitrogens is 3. The highest BCUT2D eigenvalue weighted by atomic mass is 16.4. The van der Waals surface area contributed by atoms with Gasteiger partial charge in [-0.25, -0.2) is 14.3 Å². The summed E-state index contributed by atoms with van der Waals surface area (Å²) < 4.78 is 1.60. The van der Waals surface area contributed by atoms with E-state index in [0.717, 1.165) is 5.69 Å². The number of nitrogens with two attached hydrogens (primary N) is 1.